The maximum atomic E-state index is 9.91. The van der Waals surface area contributed by atoms with Crippen molar-refractivity contribution >= 4 is 6.29 Å². The Morgan fingerprint density at radius 2 is 2.22 bits per heavy atom. The van der Waals surface area contributed by atoms with Crippen LogP contribution in [-0.4, -0.2) is 31.8 Å². The standard InChI is InChI=1S/C6H11NO.H3N.H2/c1-6(5-8)4-7(2)3;;/h5H,1,4H2,2-3H3;1H3;1H. The highest BCUT2D eigenvalue weighted by Gasteiger charge is 1.90. The van der Waals surface area contributed by atoms with Gasteiger partial charge in [-0.1, -0.05) is 6.58 Å². The van der Waals surface area contributed by atoms with Crippen LogP contribution >= 0.6 is 0 Å². The molecule has 3 heteroatoms. The molecule has 3 N–H and O–H groups in total. The summed E-state index contributed by atoms with van der Waals surface area (Å²) in [7, 11) is 3.80. The molecule has 0 aliphatic heterocycles. The van der Waals surface area contributed by atoms with Gasteiger partial charge in [0.2, 0.25) is 0 Å². The molecule has 0 saturated carbocycles. The predicted octanol–water partition coefficient (Wildman–Crippen LogP) is 0.711. The molecule has 56 valence electrons. The topological polar surface area (TPSA) is 55.3 Å². The lowest BCUT2D eigenvalue weighted by atomic mass is 10.3. The fraction of sp³-hybridized carbons (Fsp3) is 0.500. The zero-order valence-electron chi connectivity index (χ0n) is 6.05. The largest absolute Gasteiger partial charge is 0.344 e. The molecule has 0 saturated heterocycles. The summed E-state index contributed by atoms with van der Waals surface area (Å²) in [5.41, 5.74) is 0.620. The van der Waals surface area contributed by atoms with Gasteiger partial charge in [-0.15, -0.1) is 0 Å². The first kappa shape index (κ1) is 11.2. The smallest absolute Gasteiger partial charge is 0.146 e. The summed E-state index contributed by atoms with van der Waals surface area (Å²) >= 11 is 0. The number of likely N-dealkylation sites (N-methyl/N-ethyl adjacent to an activating group) is 1. The summed E-state index contributed by atoms with van der Waals surface area (Å²) in [6, 6.07) is 0. The second-order valence-corrected chi connectivity index (χ2v) is 2.01. The molecule has 0 unspecified atom stereocenters. The van der Waals surface area contributed by atoms with Crippen LogP contribution in [0.1, 0.15) is 1.43 Å². The number of carbonyl (C=O) groups excluding carboxylic acids is 1. The van der Waals surface area contributed by atoms with Crippen molar-refractivity contribution < 1.29 is 6.22 Å². The van der Waals surface area contributed by atoms with Crippen molar-refractivity contribution in [3.05, 3.63) is 12.2 Å². The van der Waals surface area contributed by atoms with Gasteiger partial charge in [0.1, 0.15) is 6.29 Å². The molecular weight excluding hydrogens is 116 g/mol. The van der Waals surface area contributed by atoms with Gasteiger partial charge in [0, 0.05) is 7.97 Å². The van der Waals surface area contributed by atoms with E-state index >= 15 is 0 Å². The Morgan fingerprint density at radius 3 is 2.33 bits per heavy atom. The van der Waals surface area contributed by atoms with Gasteiger partial charge in [0.05, 0.1) is 0 Å². The third kappa shape index (κ3) is 7.33. The maximum absolute atomic E-state index is 9.91. The molecule has 0 rings (SSSR count). The Labute approximate surface area is 57.4 Å². The first-order valence-corrected chi connectivity index (χ1v) is 2.44. The lowest BCUT2D eigenvalue weighted by Crippen LogP contribution is -2.14. The van der Waals surface area contributed by atoms with E-state index in [2.05, 4.69) is 6.58 Å². The highest BCUT2D eigenvalue weighted by Crippen LogP contribution is 1.84. The van der Waals surface area contributed by atoms with E-state index in [0.717, 1.165) is 6.29 Å². The molecule has 0 spiro atoms. The lowest BCUT2D eigenvalue weighted by Gasteiger charge is -2.05. The molecular formula is C6H16N2O. The predicted molar refractivity (Wildman–Crippen MR) is 40.9 cm³/mol. The van der Waals surface area contributed by atoms with E-state index in [1.165, 1.54) is 0 Å². The second kappa shape index (κ2) is 5.47. The first-order valence-electron chi connectivity index (χ1n) is 2.44. The lowest BCUT2D eigenvalue weighted by molar-refractivity contribution is -0.105. The van der Waals surface area contributed by atoms with Crippen LogP contribution in [0.25, 0.3) is 0 Å². The maximum Gasteiger partial charge on any atom is 0.146 e. The van der Waals surface area contributed by atoms with E-state index in [1.54, 1.807) is 0 Å². The number of aldehydes is 1. The van der Waals surface area contributed by atoms with Crippen LogP contribution in [0.2, 0.25) is 0 Å². The van der Waals surface area contributed by atoms with E-state index in [4.69, 9.17) is 0 Å². The number of carbonyl (C=O) groups is 1. The number of rotatable bonds is 3. The van der Waals surface area contributed by atoms with Crippen LogP contribution in [0.4, 0.5) is 0 Å². The molecule has 3 nitrogen and oxygen atoms in total. The van der Waals surface area contributed by atoms with Gasteiger partial charge >= 0.3 is 0 Å². The van der Waals surface area contributed by atoms with Gasteiger partial charge in [-0.2, -0.15) is 0 Å². The fourth-order valence-electron chi connectivity index (χ4n) is 0.443. The van der Waals surface area contributed by atoms with E-state index in [0.29, 0.717) is 12.1 Å². The molecule has 0 aromatic heterocycles. The van der Waals surface area contributed by atoms with Crippen molar-refractivity contribution in [2.45, 2.75) is 0 Å². The number of hydrogen-bond acceptors (Lipinski definition) is 3. The summed E-state index contributed by atoms with van der Waals surface area (Å²) < 4.78 is 0. The number of nitrogens with zero attached hydrogens (tertiary/aromatic N) is 1. The molecule has 0 atom stereocenters. The molecule has 0 heterocycles. The third-order valence-electron chi connectivity index (χ3n) is 0.686. The van der Waals surface area contributed by atoms with Crippen LogP contribution in [0.5, 0.6) is 0 Å². The summed E-state index contributed by atoms with van der Waals surface area (Å²) in [5.74, 6) is 0. The quantitative estimate of drug-likeness (QED) is 0.454. The minimum atomic E-state index is 0. The van der Waals surface area contributed by atoms with Crippen LogP contribution in [0.15, 0.2) is 12.2 Å². The Morgan fingerprint density at radius 1 is 1.78 bits per heavy atom. The minimum Gasteiger partial charge on any atom is -0.344 e. The molecule has 0 radical (unpaired) electrons. The molecule has 0 amide bonds. The average Bonchev–Trinajstić information content (AvgIpc) is 1.65. The molecule has 0 aromatic rings. The Kier molecular flexibility index (Phi) is 6.78. The van der Waals surface area contributed by atoms with Gasteiger partial charge in [-0.3, -0.25) is 4.79 Å². The third-order valence-corrected chi connectivity index (χ3v) is 0.686. The molecule has 0 aromatic carbocycles. The Hall–Kier alpha value is -0.670. The van der Waals surface area contributed by atoms with E-state index in [1.807, 2.05) is 19.0 Å². The summed E-state index contributed by atoms with van der Waals surface area (Å²) in [4.78, 5) is 11.8. The van der Waals surface area contributed by atoms with Gasteiger partial charge in [0.15, 0.2) is 0 Å². The van der Waals surface area contributed by atoms with Crippen LogP contribution in [0, 0.1) is 0 Å². The van der Waals surface area contributed by atoms with Crippen LogP contribution in [0.3, 0.4) is 0 Å². The summed E-state index contributed by atoms with van der Waals surface area (Å²) in [6.45, 7) is 4.16. The van der Waals surface area contributed by atoms with Crippen molar-refractivity contribution in [2.75, 3.05) is 20.6 Å². The van der Waals surface area contributed by atoms with Crippen molar-refractivity contribution in [3.8, 4) is 0 Å². The van der Waals surface area contributed by atoms with E-state index in [9.17, 15) is 4.79 Å². The SMILES string of the molecule is C=C(C=O)CN(C)C.N.[HH]. The van der Waals surface area contributed by atoms with Crippen LogP contribution in [-0.2, 0) is 4.79 Å². The number of hydrogen-bond donors (Lipinski definition) is 1. The van der Waals surface area contributed by atoms with Crippen molar-refractivity contribution in [1.82, 2.24) is 11.1 Å². The van der Waals surface area contributed by atoms with Gasteiger partial charge in [0.25, 0.3) is 0 Å². The molecule has 0 bridgehead atoms. The molecule has 0 aliphatic rings. The van der Waals surface area contributed by atoms with Crippen molar-refractivity contribution in [1.29, 1.82) is 0 Å². The van der Waals surface area contributed by atoms with Gasteiger partial charge in [-0.05, 0) is 19.7 Å². The monoisotopic (exact) mass is 132 g/mol. The average molecular weight is 132 g/mol. The van der Waals surface area contributed by atoms with Crippen LogP contribution < -0.4 is 6.15 Å². The second-order valence-electron chi connectivity index (χ2n) is 2.01. The highest BCUT2D eigenvalue weighted by molar-refractivity contribution is 5.72. The molecule has 0 fully saturated rings. The van der Waals surface area contributed by atoms with E-state index in [-0.39, 0.29) is 7.58 Å². The summed E-state index contributed by atoms with van der Waals surface area (Å²) in [5, 5.41) is 0. The zero-order chi connectivity index (χ0) is 6.57. The Bertz CT molecular complexity index is 104. The fourth-order valence-corrected chi connectivity index (χ4v) is 0.443. The normalized spacial score (nSPS) is 8.33. The van der Waals surface area contributed by atoms with Crippen molar-refractivity contribution in [3.63, 3.8) is 0 Å². The summed E-state index contributed by atoms with van der Waals surface area (Å²) in [6.07, 6.45) is 0.778. The molecule has 9 heavy (non-hydrogen) atoms. The van der Waals surface area contributed by atoms with E-state index < -0.39 is 0 Å². The minimum absolute atomic E-state index is 0. The Balaban J connectivity index is -0.000000245. The zero-order valence-corrected chi connectivity index (χ0v) is 6.05. The first-order chi connectivity index (χ1) is 3.66. The van der Waals surface area contributed by atoms with Gasteiger partial charge < -0.3 is 11.1 Å². The molecule has 0 aliphatic carbocycles. The van der Waals surface area contributed by atoms with Gasteiger partial charge in [-0.25, -0.2) is 0 Å². The van der Waals surface area contributed by atoms with Crippen molar-refractivity contribution in [2.24, 2.45) is 0 Å². The highest BCUT2D eigenvalue weighted by atomic mass is 16.1.